The van der Waals surface area contributed by atoms with E-state index in [1.54, 1.807) is 0 Å². The van der Waals surface area contributed by atoms with Crippen LogP contribution in [-0.2, 0) is 0 Å². The van der Waals surface area contributed by atoms with Gasteiger partial charge in [0.15, 0.2) is 0 Å². The van der Waals surface area contributed by atoms with Crippen LogP contribution in [0.25, 0.3) is 0 Å². The zero-order chi connectivity index (χ0) is 9.78. The highest BCUT2D eigenvalue weighted by Crippen LogP contribution is 2.26. The normalized spacial score (nSPS) is 14.7. The summed E-state index contributed by atoms with van der Waals surface area (Å²) in [6, 6.07) is 0. The molecule has 0 bridgehead atoms. The Hall–Kier alpha value is -1.19. The van der Waals surface area contributed by atoms with Gasteiger partial charge in [-0.1, -0.05) is 18.7 Å². The molecule has 0 amide bonds. The fourth-order valence-corrected chi connectivity index (χ4v) is 0.597. The Morgan fingerprint density at radius 2 is 1.92 bits per heavy atom. The van der Waals surface area contributed by atoms with Crippen LogP contribution >= 0.6 is 0 Å². The second-order valence-corrected chi connectivity index (χ2v) is 2.24. The molecule has 0 heterocycles. The molecule has 0 aromatic carbocycles. The molecule has 0 atom stereocenters. The van der Waals surface area contributed by atoms with Crippen LogP contribution in [0.3, 0.4) is 0 Å². The Morgan fingerprint density at radius 1 is 1.42 bits per heavy atom. The lowest BCUT2D eigenvalue weighted by molar-refractivity contribution is -0.0882. The molecule has 0 unspecified atom stereocenters. The van der Waals surface area contributed by atoms with Gasteiger partial charge in [0.1, 0.15) is 0 Å². The SMILES string of the molecule is C=C/C=C(\C=C(/C)N)C(F)(F)F. The number of nitrogens with two attached hydrogens (primary N) is 1. The van der Waals surface area contributed by atoms with E-state index in [1.165, 1.54) is 6.92 Å². The second-order valence-electron chi connectivity index (χ2n) is 2.24. The lowest BCUT2D eigenvalue weighted by Gasteiger charge is -2.06. The first-order valence-electron chi connectivity index (χ1n) is 3.21. The molecule has 0 aliphatic heterocycles. The average Bonchev–Trinajstić information content (AvgIpc) is 1.83. The van der Waals surface area contributed by atoms with E-state index in [1.807, 2.05) is 0 Å². The smallest absolute Gasteiger partial charge is 0.402 e. The van der Waals surface area contributed by atoms with Gasteiger partial charge in [-0.05, 0) is 13.0 Å². The van der Waals surface area contributed by atoms with Gasteiger partial charge in [0.05, 0.1) is 5.57 Å². The summed E-state index contributed by atoms with van der Waals surface area (Å²) in [5.74, 6) is 0. The molecule has 0 rings (SSSR count). The monoisotopic (exact) mass is 177 g/mol. The number of hydrogen-bond acceptors (Lipinski definition) is 1. The molecule has 0 saturated carbocycles. The number of allylic oxidation sites excluding steroid dienone is 5. The zero-order valence-corrected chi connectivity index (χ0v) is 6.65. The first kappa shape index (κ1) is 10.8. The fourth-order valence-electron chi connectivity index (χ4n) is 0.597. The van der Waals surface area contributed by atoms with Crippen LogP contribution in [-0.4, -0.2) is 6.18 Å². The second kappa shape index (κ2) is 3.99. The molecule has 0 aliphatic rings. The van der Waals surface area contributed by atoms with Gasteiger partial charge in [0.2, 0.25) is 0 Å². The van der Waals surface area contributed by atoms with Crippen molar-refractivity contribution in [1.82, 2.24) is 0 Å². The van der Waals surface area contributed by atoms with Gasteiger partial charge in [-0.2, -0.15) is 13.2 Å². The largest absolute Gasteiger partial charge is 0.416 e. The molecule has 0 saturated heterocycles. The van der Waals surface area contributed by atoms with Gasteiger partial charge < -0.3 is 5.73 Å². The van der Waals surface area contributed by atoms with Crippen molar-refractivity contribution in [2.45, 2.75) is 13.1 Å². The molecular weight excluding hydrogens is 167 g/mol. The Morgan fingerprint density at radius 3 is 2.17 bits per heavy atom. The molecule has 12 heavy (non-hydrogen) atoms. The molecule has 0 spiro atoms. The number of hydrogen-bond donors (Lipinski definition) is 1. The Labute approximate surface area is 69.1 Å². The minimum Gasteiger partial charge on any atom is -0.402 e. The summed E-state index contributed by atoms with van der Waals surface area (Å²) in [6.07, 6.45) is -1.56. The van der Waals surface area contributed by atoms with Crippen LogP contribution < -0.4 is 5.73 Å². The number of alkyl halides is 3. The summed E-state index contributed by atoms with van der Waals surface area (Å²) in [7, 11) is 0. The summed E-state index contributed by atoms with van der Waals surface area (Å²) in [6.45, 7) is 4.57. The molecule has 68 valence electrons. The van der Waals surface area contributed by atoms with Crippen LogP contribution in [0.15, 0.2) is 36.1 Å². The summed E-state index contributed by atoms with van der Waals surface area (Å²) < 4.78 is 36.2. The summed E-state index contributed by atoms with van der Waals surface area (Å²) in [5.41, 5.74) is 4.42. The van der Waals surface area contributed by atoms with E-state index in [9.17, 15) is 13.2 Å². The Balaban J connectivity index is 4.82. The molecular formula is C8H10F3N. The molecule has 0 aromatic rings. The first-order chi connectivity index (χ1) is 5.38. The third-order valence-electron chi connectivity index (χ3n) is 1.01. The highest BCUT2D eigenvalue weighted by molar-refractivity contribution is 5.29. The van der Waals surface area contributed by atoms with E-state index in [-0.39, 0.29) is 5.70 Å². The van der Waals surface area contributed by atoms with Crippen LogP contribution in [0.2, 0.25) is 0 Å². The maximum absolute atomic E-state index is 12.1. The van der Waals surface area contributed by atoms with Crippen molar-refractivity contribution in [2.24, 2.45) is 5.73 Å². The van der Waals surface area contributed by atoms with E-state index < -0.39 is 11.7 Å². The van der Waals surface area contributed by atoms with Crippen molar-refractivity contribution >= 4 is 0 Å². The van der Waals surface area contributed by atoms with E-state index >= 15 is 0 Å². The van der Waals surface area contributed by atoms with Crippen molar-refractivity contribution in [1.29, 1.82) is 0 Å². The zero-order valence-electron chi connectivity index (χ0n) is 6.65. The molecule has 0 aromatic heterocycles. The standard InChI is InChI=1S/C8H10F3N/c1-3-4-7(5-6(2)12)8(9,10)11/h3-5H,1,12H2,2H3/b6-5+,7-4+. The molecule has 4 heteroatoms. The molecule has 2 N–H and O–H groups in total. The lowest BCUT2D eigenvalue weighted by Crippen LogP contribution is -2.11. The predicted octanol–water partition coefficient (Wildman–Crippen LogP) is 2.52. The van der Waals surface area contributed by atoms with Crippen molar-refractivity contribution in [3.8, 4) is 0 Å². The van der Waals surface area contributed by atoms with Gasteiger partial charge in [-0.3, -0.25) is 0 Å². The van der Waals surface area contributed by atoms with Crippen molar-refractivity contribution in [2.75, 3.05) is 0 Å². The van der Waals surface area contributed by atoms with E-state index in [0.29, 0.717) is 0 Å². The van der Waals surface area contributed by atoms with E-state index in [2.05, 4.69) is 6.58 Å². The van der Waals surface area contributed by atoms with Crippen molar-refractivity contribution < 1.29 is 13.2 Å². The summed E-state index contributed by atoms with van der Waals surface area (Å²) in [4.78, 5) is 0. The number of rotatable bonds is 2. The van der Waals surface area contributed by atoms with Crippen LogP contribution in [0.4, 0.5) is 13.2 Å². The van der Waals surface area contributed by atoms with Crippen LogP contribution in [0, 0.1) is 0 Å². The lowest BCUT2D eigenvalue weighted by atomic mass is 10.2. The Kier molecular flexibility index (Phi) is 3.60. The highest BCUT2D eigenvalue weighted by atomic mass is 19.4. The van der Waals surface area contributed by atoms with Crippen molar-refractivity contribution in [3.63, 3.8) is 0 Å². The maximum Gasteiger partial charge on any atom is 0.416 e. The Bertz CT molecular complexity index is 219. The van der Waals surface area contributed by atoms with Gasteiger partial charge in [-0.25, -0.2) is 0 Å². The van der Waals surface area contributed by atoms with Crippen molar-refractivity contribution in [3.05, 3.63) is 36.1 Å². The maximum atomic E-state index is 12.1. The third-order valence-corrected chi connectivity index (χ3v) is 1.01. The molecule has 0 aliphatic carbocycles. The topological polar surface area (TPSA) is 26.0 Å². The minimum atomic E-state index is -4.37. The van der Waals surface area contributed by atoms with Gasteiger partial charge in [0, 0.05) is 5.70 Å². The molecule has 0 fully saturated rings. The summed E-state index contributed by atoms with van der Waals surface area (Å²) >= 11 is 0. The fraction of sp³-hybridized carbons (Fsp3) is 0.250. The summed E-state index contributed by atoms with van der Waals surface area (Å²) in [5, 5.41) is 0. The van der Waals surface area contributed by atoms with E-state index in [0.717, 1.165) is 18.2 Å². The quantitative estimate of drug-likeness (QED) is 0.644. The molecule has 1 nitrogen and oxygen atoms in total. The minimum absolute atomic E-state index is 0.112. The van der Waals surface area contributed by atoms with Crippen LogP contribution in [0.5, 0.6) is 0 Å². The van der Waals surface area contributed by atoms with Crippen LogP contribution in [0.1, 0.15) is 6.92 Å². The number of halogens is 3. The average molecular weight is 177 g/mol. The first-order valence-corrected chi connectivity index (χ1v) is 3.21. The third kappa shape index (κ3) is 3.85. The molecule has 0 radical (unpaired) electrons. The van der Waals surface area contributed by atoms with Gasteiger partial charge in [0.25, 0.3) is 0 Å². The predicted molar refractivity (Wildman–Crippen MR) is 42.3 cm³/mol. The van der Waals surface area contributed by atoms with Gasteiger partial charge >= 0.3 is 6.18 Å². The van der Waals surface area contributed by atoms with Gasteiger partial charge in [-0.15, -0.1) is 0 Å². The van der Waals surface area contributed by atoms with E-state index in [4.69, 9.17) is 5.73 Å². The highest BCUT2D eigenvalue weighted by Gasteiger charge is 2.31.